The maximum Gasteiger partial charge on any atom is 0.0194 e. The molecule has 0 heterocycles. The lowest BCUT2D eigenvalue weighted by molar-refractivity contribution is 0.0651. The van der Waals surface area contributed by atoms with Crippen LogP contribution in [0.5, 0.6) is 0 Å². The molecule has 0 aromatic rings. The van der Waals surface area contributed by atoms with Crippen LogP contribution in [0.15, 0.2) is 0 Å². The van der Waals surface area contributed by atoms with Crippen molar-refractivity contribution in [1.82, 2.24) is 15.1 Å². The van der Waals surface area contributed by atoms with Gasteiger partial charge in [0, 0.05) is 25.2 Å². The Labute approximate surface area is 133 Å². The highest BCUT2D eigenvalue weighted by Crippen LogP contribution is 2.39. The summed E-state index contributed by atoms with van der Waals surface area (Å²) in [4.78, 5) is 4.98. The van der Waals surface area contributed by atoms with Crippen molar-refractivity contribution in [1.29, 1.82) is 0 Å². The molecule has 3 unspecified atom stereocenters. The van der Waals surface area contributed by atoms with E-state index in [1.54, 1.807) is 0 Å². The fourth-order valence-corrected chi connectivity index (χ4v) is 4.21. The Morgan fingerprint density at radius 2 is 1.90 bits per heavy atom. The second kappa shape index (κ2) is 8.50. The van der Waals surface area contributed by atoms with Crippen LogP contribution in [-0.2, 0) is 0 Å². The van der Waals surface area contributed by atoms with Crippen LogP contribution >= 0.6 is 0 Å². The monoisotopic (exact) mass is 297 g/mol. The summed E-state index contributed by atoms with van der Waals surface area (Å²) in [5, 5.41) is 3.80. The van der Waals surface area contributed by atoms with Crippen LogP contribution in [0.2, 0.25) is 0 Å². The largest absolute Gasteiger partial charge is 0.313 e. The summed E-state index contributed by atoms with van der Waals surface area (Å²) in [6.45, 7) is 16.5. The standard InChI is InChI=1S/C18H39N3/c1-8-19-17-16(11-10-12-18(17,4)5)14-21(9-2)15(3)13-20(6)7/h15-17,19H,8-14H2,1-7H3. The van der Waals surface area contributed by atoms with Gasteiger partial charge in [-0.2, -0.15) is 0 Å². The summed E-state index contributed by atoms with van der Waals surface area (Å²) in [6.07, 6.45) is 4.13. The fourth-order valence-electron chi connectivity index (χ4n) is 4.21. The number of rotatable bonds is 8. The zero-order valence-corrected chi connectivity index (χ0v) is 15.6. The van der Waals surface area contributed by atoms with E-state index >= 15 is 0 Å². The summed E-state index contributed by atoms with van der Waals surface area (Å²) >= 11 is 0. The van der Waals surface area contributed by atoms with Crippen molar-refractivity contribution < 1.29 is 0 Å². The molecule has 3 heteroatoms. The highest BCUT2D eigenvalue weighted by atomic mass is 15.2. The van der Waals surface area contributed by atoms with Gasteiger partial charge in [-0.05, 0) is 58.3 Å². The second-order valence-corrected chi connectivity index (χ2v) is 7.88. The van der Waals surface area contributed by atoms with Gasteiger partial charge in [0.05, 0.1) is 0 Å². The molecule has 0 bridgehead atoms. The molecule has 3 atom stereocenters. The van der Waals surface area contributed by atoms with Gasteiger partial charge in [-0.1, -0.05) is 34.1 Å². The molecule has 1 fully saturated rings. The molecule has 1 aliphatic carbocycles. The lowest BCUT2D eigenvalue weighted by atomic mass is 9.67. The zero-order chi connectivity index (χ0) is 16.0. The predicted octanol–water partition coefficient (Wildman–Crippen LogP) is 3.06. The average Bonchev–Trinajstić information content (AvgIpc) is 2.38. The molecule has 1 N–H and O–H groups in total. The number of nitrogens with one attached hydrogen (secondary N) is 1. The van der Waals surface area contributed by atoms with Crippen LogP contribution in [0.4, 0.5) is 0 Å². The molecule has 0 spiro atoms. The molecule has 3 nitrogen and oxygen atoms in total. The predicted molar refractivity (Wildman–Crippen MR) is 93.8 cm³/mol. The van der Waals surface area contributed by atoms with Crippen LogP contribution in [-0.4, -0.2) is 62.2 Å². The summed E-state index contributed by atoms with van der Waals surface area (Å²) in [6, 6.07) is 1.30. The third kappa shape index (κ3) is 5.54. The third-order valence-corrected chi connectivity index (χ3v) is 5.26. The van der Waals surface area contributed by atoms with E-state index in [2.05, 4.69) is 63.8 Å². The molecule has 1 rings (SSSR count). The molecule has 0 aromatic carbocycles. The van der Waals surface area contributed by atoms with Crippen LogP contribution in [0, 0.1) is 11.3 Å². The number of hydrogen-bond donors (Lipinski definition) is 1. The van der Waals surface area contributed by atoms with E-state index < -0.39 is 0 Å². The Balaban J connectivity index is 2.71. The molecule has 0 aromatic heterocycles. The van der Waals surface area contributed by atoms with E-state index in [9.17, 15) is 0 Å². The van der Waals surface area contributed by atoms with Crippen LogP contribution < -0.4 is 5.32 Å². The van der Waals surface area contributed by atoms with Crippen molar-refractivity contribution in [3.05, 3.63) is 0 Å². The van der Waals surface area contributed by atoms with Crippen molar-refractivity contribution in [2.45, 2.75) is 66.0 Å². The van der Waals surface area contributed by atoms with Crippen molar-refractivity contribution in [2.75, 3.05) is 40.3 Å². The molecule has 1 saturated carbocycles. The minimum Gasteiger partial charge on any atom is -0.313 e. The third-order valence-electron chi connectivity index (χ3n) is 5.26. The molecule has 0 amide bonds. The van der Waals surface area contributed by atoms with E-state index in [0.29, 0.717) is 17.5 Å². The van der Waals surface area contributed by atoms with Gasteiger partial charge in [0.1, 0.15) is 0 Å². The van der Waals surface area contributed by atoms with E-state index in [1.807, 2.05) is 0 Å². The Bertz CT molecular complexity index is 288. The summed E-state index contributed by atoms with van der Waals surface area (Å²) in [5.74, 6) is 0.790. The number of hydrogen-bond acceptors (Lipinski definition) is 3. The van der Waals surface area contributed by atoms with Crippen LogP contribution in [0.25, 0.3) is 0 Å². The van der Waals surface area contributed by atoms with Gasteiger partial charge in [0.2, 0.25) is 0 Å². The Hall–Kier alpha value is -0.120. The van der Waals surface area contributed by atoms with Crippen molar-refractivity contribution in [2.24, 2.45) is 11.3 Å². The summed E-state index contributed by atoms with van der Waals surface area (Å²) < 4.78 is 0. The van der Waals surface area contributed by atoms with E-state index in [-0.39, 0.29) is 0 Å². The molecular weight excluding hydrogens is 258 g/mol. The Morgan fingerprint density at radius 3 is 2.43 bits per heavy atom. The summed E-state index contributed by atoms with van der Waals surface area (Å²) in [5.41, 5.74) is 0.434. The first-order valence-electron chi connectivity index (χ1n) is 8.94. The van der Waals surface area contributed by atoms with Gasteiger partial charge >= 0.3 is 0 Å². The van der Waals surface area contributed by atoms with Gasteiger partial charge in [-0.25, -0.2) is 0 Å². The molecule has 0 saturated heterocycles. The lowest BCUT2D eigenvalue weighted by Gasteiger charge is -2.46. The quantitative estimate of drug-likeness (QED) is 0.743. The first-order valence-corrected chi connectivity index (χ1v) is 8.94. The van der Waals surface area contributed by atoms with Gasteiger partial charge < -0.3 is 10.2 Å². The first kappa shape index (κ1) is 18.9. The molecule has 0 radical (unpaired) electrons. The topological polar surface area (TPSA) is 18.5 Å². The molecule has 0 aliphatic heterocycles. The lowest BCUT2D eigenvalue weighted by Crippen LogP contribution is -2.54. The number of likely N-dealkylation sites (N-methyl/N-ethyl adjacent to an activating group) is 2. The Kier molecular flexibility index (Phi) is 7.66. The van der Waals surface area contributed by atoms with E-state index in [4.69, 9.17) is 0 Å². The van der Waals surface area contributed by atoms with Crippen molar-refractivity contribution in [3.63, 3.8) is 0 Å². The number of nitrogens with zero attached hydrogens (tertiary/aromatic N) is 2. The molecule has 21 heavy (non-hydrogen) atoms. The van der Waals surface area contributed by atoms with Crippen LogP contribution in [0.3, 0.4) is 0 Å². The molecule has 126 valence electrons. The van der Waals surface area contributed by atoms with Gasteiger partial charge in [0.15, 0.2) is 0 Å². The van der Waals surface area contributed by atoms with Crippen molar-refractivity contribution in [3.8, 4) is 0 Å². The minimum absolute atomic E-state index is 0.434. The minimum atomic E-state index is 0.434. The van der Waals surface area contributed by atoms with E-state index in [0.717, 1.165) is 25.6 Å². The van der Waals surface area contributed by atoms with Crippen LogP contribution in [0.1, 0.15) is 53.9 Å². The first-order chi connectivity index (χ1) is 9.81. The van der Waals surface area contributed by atoms with E-state index in [1.165, 1.54) is 25.8 Å². The van der Waals surface area contributed by atoms with Gasteiger partial charge in [0.25, 0.3) is 0 Å². The van der Waals surface area contributed by atoms with Gasteiger partial charge in [-0.15, -0.1) is 0 Å². The summed E-state index contributed by atoms with van der Waals surface area (Å²) in [7, 11) is 4.35. The Morgan fingerprint density at radius 1 is 1.24 bits per heavy atom. The molecular formula is C18H39N3. The smallest absolute Gasteiger partial charge is 0.0194 e. The maximum atomic E-state index is 3.80. The second-order valence-electron chi connectivity index (χ2n) is 7.88. The highest BCUT2D eigenvalue weighted by molar-refractivity contribution is 4.94. The maximum absolute atomic E-state index is 3.80. The average molecular weight is 298 g/mol. The fraction of sp³-hybridized carbons (Fsp3) is 1.00. The molecule has 1 aliphatic rings. The highest BCUT2D eigenvalue weighted by Gasteiger charge is 2.39. The van der Waals surface area contributed by atoms with Gasteiger partial charge in [-0.3, -0.25) is 4.90 Å². The zero-order valence-electron chi connectivity index (χ0n) is 15.6. The normalized spacial score (nSPS) is 27.3. The van der Waals surface area contributed by atoms with Crippen molar-refractivity contribution >= 4 is 0 Å². The SMILES string of the molecule is CCNC1C(CN(CC)C(C)CN(C)C)CCCC1(C)C.